The molecule has 5 rings (SSSR count). The van der Waals surface area contributed by atoms with Gasteiger partial charge >= 0.3 is 0 Å². The number of hydrazine groups is 1. The number of hydrogen-bond acceptors (Lipinski definition) is 9. The van der Waals surface area contributed by atoms with E-state index in [0.29, 0.717) is 32.2 Å². The first kappa shape index (κ1) is 28.2. The summed E-state index contributed by atoms with van der Waals surface area (Å²) in [5.41, 5.74) is 2.97. The van der Waals surface area contributed by atoms with Crippen LogP contribution in [0.2, 0.25) is 0 Å². The van der Waals surface area contributed by atoms with Gasteiger partial charge in [-0.05, 0) is 38.5 Å². The van der Waals surface area contributed by atoms with Crippen LogP contribution in [0.4, 0.5) is 0 Å². The van der Waals surface area contributed by atoms with Gasteiger partial charge < -0.3 is 20.3 Å². The summed E-state index contributed by atoms with van der Waals surface area (Å²) >= 11 is 14.7. The minimum absolute atomic E-state index is 0.0483. The van der Waals surface area contributed by atoms with E-state index in [9.17, 15) is 9.59 Å². The number of amides is 2. The molecule has 0 aromatic rings. The fraction of sp³-hybridized carbons (Fsp3) is 0.917. The summed E-state index contributed by atoms with van der Waals surface area (Å²) in [7, 11) is 3.62. The maximum absolute atomic E-state index is 13.6. The predicted octanol–water partition coefficient (Wildman–Crippen LogP) is -0.0799. The lowest BCUT2D eigenvalue weighted by Gasteiger charge is -2.45. The summed E-state index contributed by atoms with van der Waals surface area (Å²) in [5, 5.41) is 15.4. The fourth-order valence-electron chi connectivity index (χ4n) is 6.89. The Morgan fingerprint density at radius 3 is 2.54 bits per heavy atom. The summed E-state index contributed by atoms with van der Waals surface area (Å²) in [6.45, 7) is 6.81. The van der Waals surface area contributed by atoms with Gasteiger partial charge in [-0.25, -0.2) is 5.01 Å². The molecular formula is C24H41Cl2N7O3S. The van der Waals surface area contributed by atoms with Crippen LogP contribution in [0.5, 0.6) is 0 Å². The molecule has 13 heteroatoms. The van der Waals surface area contributed by atoms with Crippen LogP contribution in [0.1, 0.15) is 26.7 Å². The molecule has 0 radical (unpaired) electrons. The number of nitrogens with one attached hydrogen (secondary N) is 5. The van der Waals surface area contributed by atoms with Gasteiger partial charge in [0.1, 0.15) is 11.5 Å². The highest BCUT2D eigenvalue weighted by atomic mass is 35.5. The third-order valence-electron chi connectivity index (χ3n) is 8.90. The molecule has 0 spiro atoms. The molecular weight excluding hydrogens is 537 g/mol. The third kappa shape index (κ3) is 5.76. The molecule has 2 amide bonds. The second kappa shape index (κ2) is 11.6. The standard InChI is InChI=1S/C24H41Cl2N7O3S/c1-11-5-13(14-6-19(25)28-8-17(14)36-4)15(7-27-11)22(34)30-24-29-16-9-33(10-18(16)37-24)23(35)21-20(26)12(2)31-32(21)3/h11-21,24,27-29,31H,5-10H2,1-4H3,(H,30,34). The van der Waals surface area contributed by atoms with E-state index in [0.717, 1.165) is 12.8 Å². The van der Waals surface area contributed by atoms with Gasteiger partial charge in [0.15, 0.2) is 0 Å². The number of carbonyl (C=O) groups excluding carboxylic acids is 2. The van der Waals surface area contributed by atoms with Crippen molar-refractivity contribution in [2.45, 2.75) is 78.6 Å². The first-order valence-corrected chi connectivity index (χ1v) is 15.2. The van der Waals surface area contributed by atoms with Crippen LogP contribution >= 0.6 is 35.0 Å². The first-order chi connectivity index (χ1) is 17.7. The lowest BCUT2D eigenvalue weighted by atomic mass is 9.70. The van der Waals surface area contributed by atoms with Crippen molar-refractivity contribution in [1.82, 2.24) is 36.6 Å². The number of fused-ring (bicyclic) bond motifs is 1. The van der Waals surface area contributed by atoms with E-state index < -0.39 is 0 Å². The number of carbonyl (C=O) groups is 2. The molecule has 12 unspecified atom stereocenters. The zero-order chi connectivity index (χ0) is 26.4. The molecule has 5 fully saturated rings. The van der Waals surface area contributed by atoms with Crippen molar-refractivity contribution in [2.24, 2.45) is 17.8 Å². The van der Waals surface area contributed by atoms with Crippen molar-refractivity contribution in [3.8, 4) is 0 Å². The van der Waals surface area contributed by atoms with Gasteiger partial charge in [0.05, 0.1) is 22.9 Å². The molecule has 37 heavy (non-hydrogen) atoms. The van der Waals surface area contributed by atoms with E-state index in [1.165, 1.54) is 0 Å². The molecule has 5 heterocycles. The number of ether oxygens (including phenoxy) is 1. The monoisotopic (exact) mass is 577 g/mol. The van der Waals surface area contributed by atoms with Crippen LogP contribution in [0, 0.1) is 17.8 Å². The second-order valence-corrected chi connectivity index (χ2v) is 13.7. The van der Waals surface area contributed by atoms with Gasteiger partial charge in [-0.2, -0.15) is 0 Å². The number of rotatable bonds is 5. The van der Waals surface area contributed by atoms with E-state index in [4.69, 9.17) is 27.9 Å². The second-order valence-electron chi connectivity index (χ2n) is 11.4. The average molecular weight is 579 g/mol. The summed E-state index contributed by atoms with van der Waals surface area (Å²) in [5.74, 6) is 0.420. The van der Waals surface area contributed by atoms with Crippen molar-refractivity contribution < 1.29 is 14.3 Å². The van der Waals surface area contributed by atoms with Gasteiger partial charge in [-0.15, -0.1) is 35.0 Å². The minimum Gasteiger partial charge on any atom is -0.380 e. The van der Waals surface area contributed by atoms with Crippen LogP contribution in [0.3, 0.4) is 0 Å². The van der Waals surface area contributed by atoms with Gasteiger partial charge in [0, 0.05) is 63.7 Å². The minimum atomic E-state index is -0.368. The Morgan fingerprint density at radius 1 is 1.08 bits per heavy atom. The maximum atomic E-state index is 13.6. The van der Waals surface area contributed by atoms with Crippen molar-refractivity contribution in [2.75, 3.05) is 40.3 Å². The molecule has 0 bridgehead atoms. The van der Waals surface area contributed by atoms with Crippen molar-refractivity contribution in [3.63, 3.8) is 0 Å². The summed E-state index contributed by atoms with van der Waals surface area (Å²) in [6, 6.07) is 0.175. The number of likely N-dealkylation sites (N-methyl/N-ethyl adjacent to an activating group) is 1. The molecule has 5 aliphatic rings. The highest BCUT2D eigenvalue weighted by Crippen LogP contribution is 2.39. The van der Waals surface area contributed by atoms with Gasteiger partial charge in [-0.1, -0.05) is 0 Å². The topological polar surface area (TPSA) is 110 Å². The maximum Gasteiger partial charge on any atom is 0.243 e. The number of nitrogens with zero attached hydrogens (tertiary/aromatic N) is 2. The third-order valence-corrected chi connectivity index (χ3v) is 11.2. The van der Waals surface area contributed by atoms with Crippen LogP contribution in [0.15, 0.2) is 0 Å². The van der Waals surface area contributed by atoms with Crippen molar-refractivity contribution >= 4 is 46.8 Å². The Labute approximate surface area is 234 Å². The smallest absolute Gasteiger partial charge is 0.243 e. The number of methoxy groups -OCH3 is 1. The molecule has 5 N–H and O–H groups in total. The van der Waals surface area contributed by atoms with E-state index in [1.54, 1.807) is 18.9 Å². The zero-order valence-electron chi connectivity index (χ0n) is 22.0. The molecule has 210 valence electrons. The average Bonchev–Trinajstić information content (AvgIpc) is 3.49. The summed E-state index contributed by atoms with van der Waals surface area (Å²) in [4.78, 5) is 28.7. The number of halogens is 2. The van der Waals surface area contributed by atoms with Crippen LogP contribution in [-0.4, -0.2) is 114 Å². The SMILES string of the molecule is COC1CNC(Cl)CC1C1CC(C)NCC1C(=O)NC1NC2CN(C(=O)C3C(Cl)C(C)NN3C)CC2S1. The van der Waals surface area contributed by atoms with Crippen LogP contribution in [-0.2, 0) is 14.3 Å². The number of piperidine rings is 2. The van der Waals surface area contributed by atoms with E-state index >= 15 is 0 Å². The lowest BCUT2D eigenvalue weighted by Crippen LogP contribution is -2.57. The molecule has 0 aromatic heterocycles. The van der Waals surface area contributed by atoms with Gasteiger partial charge in [-0.3, -0.25) is 25.6 Å². The fourth-order valence-corrected chi connectivity index (χ4v) is 8.93. The number of hydrogen-bond donors (Lipinski definition) is 5. The molecule has 0 aromatic carbocycles. The lowest BCUT2D eigenvalue weighted by molar-refractivity contribution is -0.135. The Bertz CT molecular complexity index is 847. The highest BCUT2D eigenvalue weighted by Gasteiger charge is 2.49. The molecule has 5 aliphatic heterocycles. The van der Waals surface area contributed by atoms with Crippen LogP contribution in [0.25, 0.3) is 0 Å². The van der Waals surface area contributed by atoms with E-state index in [1.807, 2.05) is 23.9 Å². The number of thioether (sulfide) groups is 1. The number of alkyl halides is 2. The Hall–Kier alpha value is -0.370. The van der Waals surface area contributed by atoms with E-state index in [-0.39, 0.29) is 75.4 Å². The van der Waals surface area contributed by atoms with Gasteiger partial charge in [0.25, 0.3) is 0 Å². The summed E-state index contributed by atoms with van der Waals surface area (Å²) < 4.78 is 5.80. The summed E-state index contributed by atoms with van der Waals surface area (Å²) in [6.07, 6.45) is 1.76. The van der Waals surface area contributed by atoms with Crippen molar-refractivity contribution in [1.29, 1.82) is 0 Å². The normalized spacial score (nSPS) is 46.7. The van der Waals surface area contributed by atoms with E-state index in [2.05, 4.69) is 33.6 Å². The molecule has 12 atom stereocenters. The Morgan fingerprint density at radius 2 is 1.86 bits per heavy atom. The highest BCUT2D eigenvalue weighted by molar-refractivity contribution is 8.00. The van der Waals surface area contributed by atoms with Crippen molar-refractivity contribution in [3.05, 3.63) is 0 Å². The molecule has 0 aliphatic carbocycles. The van der Waals surface area contributed by atoms with Crippen LogP contribution < -0.4 is 26.7 Å². The quantitative estimate of drug-likeness (QED) is 0.226. The largest absolute Gasteiger partial charge is 0.380 e. The van der Waals surface area contributed by atoms with Gasteiger partial charge in [0.2, 0.25) is 11.8 Å². The Kier molecular flexibility index (Phi) is 8.85. The zero-order valence-corrected chi connectivity index (χ0v) is 24.3. The molecule has 0 saturated carbocycles. The molecule has 5 saturated heterocycles. The number of likely N-dealkylation sites (tertiary alicyclic amines) is 1. The predicted molar refractivity (Wildman–Crippen MR) is 146 cm³/mol. The first-order valence-electron chi connectivity index (χ1n) is 13.4. The Balaban J connectivity index is 1.17. The molecule has 10 nitrogen and oxygen atoms in total.